The highest BCUT2D eigenvalue weighted by atomic mass is 79.9. The van der Waals surface area contributed by atoms with Crippen LogP contribution in [0.5, 0.6) is 0 Å². The van der Waals surface area contributed by atoms with Crippen LogP contribution < -0.4 is 5.32 Å². The molecule has 2 amide bonds. The molecular weight excluding hydrogens is 340 g/mol. The number of amides is 2. The molecule has 0 spiro atoms. The molecule has 1 aromatic heterocycles. The third kappa shape index (κ3) is 2.56. The van der Waals surface area contributed by atoms with Crippen LogP contribution in [0.25, 0.3) is 0 Å². The fourth-order valence-corrected chi connectivity index (χ4v) is 4.83. The smallest absolute Gasteiger partial charge is 0.246 e. The van der Waals surface area contributed by atoms with Gasteiger partial charge in [0.05, 0.1) is 9.83 Å². The zero-order chi connectivity index (χ0) is 14.3. The van der Waals surface area contributed by atoms with Crippen molar-refractivity contribution in [1.82, 2.24) is 10.2 Å². The summed E-state index contributed by atoms with van der Waals surface area (Å²) >= 11 is 5.33. The van der Waals surface area contributed by atoms with E-state index in [4.69, 9.17) is 0 Å². The molecule has 6 heteroatoms. The molecule has 1 fully saturated rings. The Morgan fingerprint density at radius 1 is 1.30 bits per heavy atom. The van der Waals surface area contributed by atoms with Gasteiger partial charge in [-0.2, -0.15) is 0 Å². The van der Waals surface area contributed by atoms with Gasteiger partial charge in [0.25, 0.3) is 0 Å². The van der Waals surface area contributed by atoms with Gasteiger partial charge < -0.3 is 0 Å². The molecule has 1 saturated heterocycles. The number of aryl methyl sites for hydroxylation is 1. The molecule has 1 aliphatic carbocycles. The second-order valence-electron chi connectivity index (χ2n) is 5.42. The third-order valence-electron chi connectivity index (χ3n) is 4.14. The summed E-state index contributed by atoms with van der Waals surface area (Å²) in [4.78, 5) is 26.3. The van der Waals surface area contributed by atoms with Gasteiger partial charge >= 0.3 is 0 Å². The molecule has 4 nitrogen and oxygen atoms in total. The summed E-state index contributed by atoms with van der Waals surface area (Å²) < 4.78 is 1.15. The Bertz CT molecular complexity index is 557. The number of carbonyl (C=O) groups excluding carboxylic acids is 2. The van der Waals surface area contributed by atoms with E-state index in [9.17, 15) is 9.59 Å². The molecule has 20 heavy (non-hydrogen) atoms. The van der Waals surface area contributed by atoms with E-state index in [0.29, 0.717) is 12.8 Å². The number of likely N-dealkylation sites (tertiary alicyclic amines) is 1. The number of hydrogen-bond acceptors (Lipinski definition) is 4. The van der Waals surface area contributed by atoms with Gasteiger partial charge in [-0.1, -0.05) is 0 Å². The van der Waals surface area contributed by atoms with Crippen molar-refractivity contribution in [2.75, 3.05) is 7.05 Å². The number of thiophene rings is 1. The topological polar surface area (TPSA) is 49.4 Å². The first-order valence-corrected chi connectivity index (χ1v) is 8.52. The third-order valence-corrected chi connectivity index (χ3v) is 5.85. The van der Waals surface area contributed by atoms with Gasteiger partial charge in [-0.25, -0.2) is 0 Å². The van der Waals surface area contributed by atoms with Crippen molar-refractivity contribution in [1.29, 1.82) is 0 Å². The van der Waals surface area contributed by atoms with Crippen molar-refractivity contribution in [2.24, 2.45) is 0 Å². The van der Waals surface area contributed by atoms with E-state index >= 15 is 0 Å². The number of nitrogens with zero attached hydrogens (tertiary/aromatic N) is 1. The molecule has 0 saturated carbocycles. The molecule has 1 aliphatic heterocycles. The number of likely N-dealkylation sites (N-methyl/N-ethyl adjacent to an activating group) is 1. The van der Waals surface area contributed by atoms with Crippen molar-refractivity contribution in [3.8, 4) is 0 Å². The molecule has 1 N–H and O–H groups in total. The molecule has 2 heterocycles. The molecule has 0 bridgehead atoms. The Hall–Kier alpha value is -0.720. The number of halogens is 1. The fourth-order valence-electron chi connectivity index (χ4n) is 3.01. The lowest BCUT2D eigenvalue weighted by Gasteiger charge is -2.33. The van der Waals surface area contributed by atoms with E-state index in [1.165, 1.54) is 15.3 Å². The van der Waals surface area contributed by atoms with Gasteiger partial charge in [0, 0.05) is 24.4 Å². The summed E-state index contributed by atoms with van der Waals surface area (Å²) in [6.45, 7) is 0. The van der Waals surface area contributed by atoms with E-state index in [0.717, 1.165) is 23.0 Å². The van der Waals surface area contributed by atoms with Crippen molar-refractivity contribution in [3.63, 3.8) is 0 Å². The first-order chi connectivity index (χ1) is 9.56. The normalized spacial score (nSPS) is 26.8. The molecular formula is C14H17BrN2O2S. The van der Waals surface area contributed by atoms with Crippen LogP contribution in [-0.4, -0.2) is 29.8 Å². The molecule has 2 unspecified atom stereocenters. The van der Waals surface area contributed by atoms with Crippen LogP contribution in [0, 0.1) is 0 Å². The Kier molecular flexibility index (Phi) is 3.97. The van der Waals surface area contributed by atoms with Crippen molar-refractivity contribution in [3.05, 3.63) is 20.3 Å². The van der Waals surface area contributed by atoms with E-state index < -0.39 is 0 Å². The van der Waals surface area contributed by atoms with Crippen LogP contribution in [0.4, 0.5) is 0 Å². The minimum atomic E-state index is -0.229. The Morgan fingerprint density at radius 3 is 2.90 bits per heavy atom. The van der Waals surface area contributed by atoms with Gasteiger partial charge in [-0.05, 0) is 53.2 Å². The molecule has 2 atom stereocenters. The zero-order valence-electron chi connectivity index (χ0n) is 11.3. The van der Waals surface area contributed by atoms with Crippen LogP contribution in [0.3, 0.4) is 0 Å². The Balaban J connectivity index is 1.76. The average molecular weight is 357 g/mol. The van der Waals surface area contributed by atoms with Gasteiger partial charge in [0.2, 0.25) is 11.8 Å². The van der Waals surface area contributed by atoms with Crippen LogP contribution in [0.15, 0.2) is 9.85 Å². The van der Waals surface area contributed by atoms with Gasteiger partial charge in [0.15, 0.2) is 0 Å². The predicted octanol–water partition coefficient (Wildman–Crippen LogP) is 2.63. The maximum Gasteiger partial charge on any atom is 0.246 e. The summed E-state index contributed by atoms with van der Waals surface area (Å²) in [6, 6.07) is 2.17. The van der Waals surface area contributed by atoms with E-state index in [1.54, 1.807) is 18.4 Å². The van der Waals surface area contributed by atoms with Crippen molar-refractivity contribution >= 4 is 39.1 Å². The predicted molar refractivity (Wildman–Crippen MR) is 81.6 cm³/mol. The fraction of sp³-hybridized carbons (Fsp3) is 0.571. The minimum Gasteiger partial charge on any atom is -0.299 e. The molecule has 1 aromatic rings. The van der Waals surface area contributed by atoms with Gasteiger partial charge in [0.1, 0.15) is 0 Å². The van der Waals surface area contributed by atoms with Crippen LogP contribution >= 0.6 is 27.3 Å². The molecule has 108 valence electrons. The van der Waals surface area contributed by atoms with Crippen LogP contribution in [0.2, 0.25) is 0 Å². The lowest BCUT2D eigenvalue weighted by atomic mass is 9.92. The number of nitrogens with one attached hydrogen (secondary N) is 1. The monoisotopic (exact) mass is 356 g/mol. The number of carbonyl (C=O) groups is 2. The number of imide groups is 1. The van der Waals surface area contributed by atoms with E-state index in [-0.39, 0.29) is 23.9 Å². The molecule has 0 aromatic carbocycles. The molecule has 3 rings (SSSR count). The number of hydrogen-bond donors (Lipinski definition) is 1. The average Bonchev–Trinajstić information content (AvgIpc) is 2.81. The summed E-state index contributed by atoms with van der Waals surface area (Å²) in [5.41, 5.74) is 1.32. The maximum absolute atomic E-state index is 12.2. The van der Waals surface area contributed by atoms with Gasteiger partial charge in [-0.3, -0.25) is 19.8 Å². The summed E-state index contributed by atoms with van der Waals surface area (Å²) in [7, 11) is 1.58. The van der Waals surface area contributed by atoms with Crippen molar-refractivity contribution < 1.29 is 9.59 Å². The highest BCUT2D eigenvalue weighted by molar-refractivity contribution is 9.11. The lowest BCUT2D eigenvalue weighted by Crippen LogP contribution is -2.52. The van der Waals surface area contributed by atoms with Crippen molar-refractivity contribution in [2.45, 2.75) is 44.2 Å². The van der Waals surface area contributed by atoms with Crippen LogP contribution in [0.1, 0.15) is 42.2 Å². The van der Waals surface area contributed by atoms with E-state index in [1.807, 2.05) is 0 Å². The quantitative estimate of drug-likeness (QED) is 0.828. The largest absolute Gasteiger partial charge is 0.299 e. The second-order valence-corrected chi connectivity index (χ2v) is 7.94. The molecule has 2 aliphatic rings. The number of rotatable bonds is 2. The summed E-state index contributed by atoms with van der Waals surface area (Å²) in [5.74, 6) is -0.168. The SMILES string of the molecule is CN1C(=O)CCC(NC2CCCc3sc(Br)cc32)C1=O. The van der Waals surface area contributed by atoms with Gasteiger partial charge in [-0.15, -0.1) is 11.3 Å². The maximum atomic E-state index is 12.2. The second kappa shape index (κ2) is 5.58. The Labute approximate surface area is 130 Å². The standard InChI is InChI=1S/C14H17BrN2O2S/c1-17-13(18)6-5-10(14(17)19)16-9-3-2-4-11-8(9)7-12(15)20-11/h7,9-10,16H,2-6H2,1H3. The first kappa shape index (κ1) is 14.2. The van der Waals surface area contributed by atoms with E-state index in [2.05, 4.69) is 27.3 Å². The highest BCUT2D eigenvalue weighted by Gasteiger charge is 2.34. The summed E-state index contributed by atoms with van der Waals surface area (Å²) in [6.07, 6.45) is 4.39. The summed E-state index contributed by atoms with van der Waals surface area (Å²) in [5, 5.41) is 3.47. The number of piperidine rings is 1. The highest BCUT2D eigenvalue weighted by Crippen LogP contribution is 2.38. The minimum absolute atomic E-state index is 0.0735. The van der Waals surface area contributed by atoms with Crippen LogP contribution in [-0.2, 0) is 16.0 Å². The first-order valence-electron chi connectivity index (χ1n) is 6.91. The lowest BCUT2D eigenvalue weighted by molar-refractivity contribution is -0.148. The number of fused-ring (bicyclic) bond motifs is 1. The zero-order valence-corrected chi connectivity index (χ0v) is 13.7. The molecule has 0 radical (unpaired) electrons. The Morgan fingerprint density at radius 2 is 2.10 bits per heavy atom.